The number of hydrogen-bond donors (Lipinski definition) is 2. The molecule has 0 aliphatic carbocycles. The average Bonchev–Trinajstić information content (AvgIpc) is 3.09. The first-order valence-electron chi connectivity index (χ1n) is 5.85. The van der Waals surface area contributed by atoms with Gasteiger partial charge in [0.2, 0.25) is 0 Å². The van der Waals surface area contributed by atoms with Gasteiger partial charge in [-0.3, -0.25) is 0 Å². The Morgan fingerprint density at radius 2 is 1.84 bits per heavy atom. The molecule has 3 N–H and O–H groups in total. The molecule has 0 saturated carbocycles. The molecule has 96 valence electrons. The topological polar surface area (TPSA) is 68.8 Å². The number of thiophene rings is 1. The van der Waals surface area contributed by atoms with Gasteiger partial charge in [-0.2, -0.15) is 15.0 Å². The highest BCUT2D eigenvalue weighted by molar-refractivity contribution is 7.10. The molecular formula is C13H13N5S. The molecule has 3 aromatic rings. The predicted octanol–water partition coefficient (Wildman–Crippen LogP) is 2.52. The highest BCUT2D eigenvalue weighted by atomic mass is 32.1. The van der Waals surface area contributed by atoms with Crippen LogP contribution in [0.25, 0.3) is 5.69 Å². The van der Waals surface area contributed by atoms with Crippen LogP contribution in [0.4, 0.5) is 11.4 Å². The smallest absolute Gasteiger partial charge is 0.0858 e. The zero-order chi connectivity index (χ0) is 13.1. The molecule has 0 atom stereocenters. The van der Waals surface area contributed by atoms with Gasteiger partial charge >= 0.3 is 0 Å². The van der Waals surface area contributed by atoms with Crippen LogP contribution in [0.15, 0.2) is 48.1 Å². The minimum absolute atomic E-state index is 0.739. The van der Waals surface area contributed by atoms with Crippen LogP contribution in [0.5, 0.6) is 0 Å². The summed E-state index contributed by atoms with van der Waals surface area (Å²) in [6.45, 7) is 0.739. The standard InChI is InChI=1S/C13H13N5S/c14-12-5-8-19-13(12)9-15-10-1-3-11(4-2-10)18-16-6-7-17-18/h1-8,15H,9,14H2. The second kappa shape index (κ2) is 5.11. The first-order valence-corrected chi connectivity index (χ1v) is 6.73. The van der Waals surface area contributed by atoms with Crippen LogP contribution in [0.3, 0.4) is 0 Å². The molecule has 19 heavy (non-hydrogen) atoms. The normalized spacial score (nSPS) is 10.5. The van der Waals surface area contributed by atoms with Gasteiger partial charge in [0.15, 0.2) is 0 Å². The fourth-order valence-corrected chi connectivity index (χ4v) is 2.48. The number of rotatable bonds is 4. The molecule has 0 unspecified atom stereocenters. The zero-order valence-corrected chi connectivity index (χ0v) is 11.0. The maximum atomic E-state index is 5.84. The summed E-state index contributed by atoms with van der Waals surface area (Å²) in [5.74, 6) is 0. The molecule has 0 aliphatic heterocycles. The largest absolute Gasteiger partial charge is 0.398 e. The van der Waals surface area contributed by atoms with Crippen molar-refractivity contribution in [1.29, 1.82) is 0 Å². The Balaban J connectivity index is 1.68. The predicted molar refractivity (Wildman–Crippen MR) is 77.4 cm³/mol. The quantitative estimate of drug-likeness (QED) is 0.765. The number of nitrogens with one attached hydrogen (secondary N) is 1. The summed E-state index contributed by atoms with van der Waals surface area (Å²) in [4.78, 5) is 2.74. The van der Waals surface area contributed by atoms with Crippen molar-refractivity contribution in [1.82, 2.24) is 15.0 Å². The minimum atomic E-state index is 0.739. The first kappa shape index (κ1) is 11.7. The molecule has 0 amide bonds. The lowest BCUT2D eigenvalue weighted by atomic mass is 10.3. The molecule has 0 fully saturated rings. The Labute approximate surface area is 114 Å². The molecule has 2 aromatic heterocycles. The maximum Gasteiger partial charge on any atom is 0.0858 e. The van der Waals surface area contributed by atoms with E-state index in [0.717, 1.165) is 28.5 Å². The van der Waals surface area contributed by atoms with Crippen LogP contribution < -0.4 is 11.1 Å². The third-order valence-corrected chi connectivity index (χ3v) is 3.69. The lowest BCUT2D eigenvalue weighted by Crippen LogP contribution is -2.01. The molecule has 6 heteroatoms. The highest BCUT2D eigenvalue weighted by Crippen LogP contribution is 2.20. The molecule has 0 radical (unpaired) electrons. The number of nitrogens with two attached hydrogens (primary N) is 1. The van der Waals surface area contributed by atoms with Gasteiger partial charge < -0.3 is 11.1 Å². The van der Waals surface area contributed by atoms with Crippen molar-refractivity contribution in [3.63, 3.8) is 0 Å². The van der Waals surface area contributed by atoms with Gasteiger partial charge in [0.1, 0.15) is 0 Å². The fourth-order valence-electron chi connectivity index (χ4n) is 1.74. The third-order valence-electron chi connectivity index (χ3n) is 2.75. The number of aromatic nitrogens is 3. The molecule has 0 bridgehead atoms. The van der Waals surface area contributed by atoms with E-state index < -0.39 is 0 Å². The molecule has 2 heterocycles. The Morgan fingerprint density at radius 1 is 1.11 bits per heavy atom. The summed E-state index contributed by atoms with van der Waals surface area (Å²) < 4.78 is 0. The highest BCUT2D eigenvalue weighted by Gasteiger charge is 2.01. The summed E-state index contributed by atoms with van der Waals surface area (Å²) >= 11 is 1.66. The van der Waals surface area contributed by atoms with Crippen molar-refractivity contribution in [2.24, 2.45) is 0 Å². The Morgan fingerprint density at radius 3 is 2.47 bits per heavy atom. The zero-order valence-electron chi connectivity index (χ0n) is 10.2. The second-order valence-corrected chi connectivity index (χ2v) is 5.02. The van der Waals surface area contributed by atoms with E-state index in [-0.39, 0.29) is 0 Å². The van der Waals surface area contributed by atoms with Gasteiger partial charge in [0.25, 0.3) is 0 Å². The molecule has 3 rings (SSSR count). The van der Waals surface area contributed by atoms with E-state index in [1.165, 1.54) is 0 Å². The lowest BCUT2D eigenvalue weighted by molar-refractivity contribution is 0.752. The Kier molecular flexibility index (Phi) is 3.16. The van der Waals surface area contributed by atoms with E-state index in [1.807, 2.05) is 35.7 Å². The van der Waals surface area contributed by atoms with Gasteiger partial charge in [-0.25, -0.2) is 0 Å². The summed E-state index contributed by atoms with van der Waals surface area (Å²) in [6, 6.07) is 9.87. The summed E-state index contributed by atoms with van der Waals surface area (Å²) in [5.41, 5.74) is 8.67. The van der Waals surface area contributed by atoms with E-state index in [2.05, 4.69) is 15.5 Å². The first-order chi connectivity index (χ1) is 9.33. The van der Waals surface area contributed by atoms with Crippen molar-refractivity contribution in [2.75, 3.05) is 11.1 Å². The number of nitrogens with zero attached hydrogens (tertiary/aromatic N) is 3. The Hall–Kier alpha value is -2.34. The number of anilines is 2. The fraction of sp³-hybridized carbons (Fsp3) is 0.0769. The summed E-state index contributed by atoms with van der Waals surface area (Å²) in [5, 5.41) is 13.5. The van der Waals surface area contributed by atoms with Crippen molar-refractivity contribution in [2.45, 2.75) is 6.54 Å². The van der Waals surface area contributed by atoms with E-state index in [0.29, 0.717) is 0 Å². The van der Waals surface area contributed by atoms with Crippen LogP contribution in [0, 0.1) is 0 Å². The van der Waals surface area contributed by atoms with Gasteiger partial charge in [-0.1, -0.05) is 0 Å². The van der Waals surface area contributed by atoms with Crippen LogP contribution in [0.1, 0.15) is 4.88 Å². The van der Waals surface area contributed by atoms with Gasteiger partial charge in [0, 0.05) is 16.3 Å². The SMILES string of the molecule is Nc1ccsc1CNc1ccc(-n2nccn2)cc1. The van der Waals surface area contributed by atoms with Crippen molar-refractivity contribution in [3.8, 4) is 5.69 Å². The third kappa shape index (κ3) is 2.58. The summed E-state index contributed by atoms with van der Waals surface area (Å²) in [6.07, 6.45) is 3.32. The number of benzene rings is 1. The van der Waals surface area contributed by atoms with Crippen molar-refractivity contribution < 1.29 is 0 Å². The number of nitrogen functional groups attached to an aromatic ring is 1. The second-order valence-electron chi connectivity index (χ2n) is 4.02. The molecule has 0 saturated heterocycles. The van der Waals surface area contributed by atoms with Crippen LogP contribution >= 0.6 is 11.3 Å². The number of hydrogen-bond acceptors (Lipinski definition) is 5. The molecule has 0 spiro atoms. The van der Waals surface area contributed by atoms with E-state index in [4.69, 9.17) is 5.73 Å². The van der Waals surface area contributed by atoms with Crippen molar-refractivity contribution in [3.05, 3.63) is 53.0 Å². The van der Waals surface area contributed by atoms with Crippen LogP contribution in [0.2, 0.25) is 0 Å². The molecule has 1 aromatic carbocycles. The van der Waals surface area contributed by atoms with E-state index >= 15 is 0 Å². The summed E-state index contributed by atoms with van der Waals surface area (Å²) in [7, 11) is 0. The van der Waals surface area contributed by atoms with Crippen LogP contribution in [-0.2, 0) is 6.54 Å². The van der Waals surface area contributed by atoms with Crippen LogP contribution in [-0.4, -0.2) is 15.0 Å². The Bertz CT molecular complexity index is 642. The van der Waals surface area contributed by atoms with Gasteiger partial charge in [-0.15, -0.1) is 11.3 Å². The van der Waals surface area contributed by atoms with E-state index in [1.54, 1.807) is 28.5 Å². The average molecular weight is 271 g/mol. The lowest BCUT2D eigenvalue weighted by Gasteiger charge is -2.06. The van der Waals surface area contributed by atoms with Gasteiger partial charge in [0.05, 0.1) is 24.6 Å². The molecule has 5 nitrogen and oxygen atoms in total. The molecule has 0 aliphatic rings. The van der Waals surface area contributed by atoms with Gasteiger partial charge in [-0.05, 0) is 35.7 Å². The minimum Gasteiger partial charge on any atom is -0.398 e. The molecular weight excluding hydrogens is 258 g/mol. The monoisotopic (exact) mass is 271 g/mol. The maximum absolute atomic E-state index is 5.84. The van der Waals surface area contributed by atoms with E-state index in [9.17, 15) is 0 Å². The van der Waals surface area contributed by atoms with Crippen molar-refractivity contribution >= 4 is 22.7 Å².